The van der Waals surface area contributed by atoms with Gasteiger partial charge in [0.15, 0.2) is 12.6 Å². The highest BCUT2D eigenvalue weighted by Crippen LogP contribution is 2.36. The fraction of sp³-hybridized carbons (Fsp3) is 0.380. The first kappa shape index (κ1) is 46.5. The van der Waals surface area contributed by atoms with Gasteiger partial charge in [-0.05, 0) is 33.3 Å². The predicted molar refractivity (Wildman–Crippen MR) is 235 cm³/mol. The van der Waals surface area contributed by atoms with Crippen molar-refractivity contribution in [3.05, 3.63) is 190 Å². The maximum atomic E-state index is 12.9. The Kier molecular flexibility index (Phi) is 17.8. The lowest BCUT2D eigenvalue weighted by Gasteiger charge is -2.49. The number of hydrogen-bond donors (Lipinski definition) is 0. The van der Waals surface area contributed by atoms with Gasteiger partial charge in [-0.25, -0.2) is 0 Å². The van der Waals surface area contributed by atoms with E-state index in [0.717, 1.165) is 27.8 Å². The minimum absolute atomic E-state index is 0.0250. The summed E-state index contributed by atoms with van der Waals surface area (Å²) in [6.07, 6.45) is -8.91. The average Bonchev–Trinajstić information content (AvgIpc) is 3.33. The third-order valence-electron chi connectivity index (χ3n) is 10.9. The molecule has 14 heteroatoms. The number of azide groups is 1. The second-order valence-corrected chi connectivity index (χ2v) is 15.5. The molecule has 2 fully saturated rings. The normalized spacial score (nSPS) is 25.5. The van der Waals surface area contributed by atoms with Gasteiger partial charge in [0.25, 0.3) is 0 Å². The van der Waals surface area contributed by atoms with Crippen molar-refractivity contribution in [3.8, 4) is 0 Å². The van der Waals surface area contributed by atoms with Gasteiger partial charge in [0.05, 0.1) is 46.2 Å². The van der Waals surface area contributed by atoms with Crippen LogP contribution in [0.5, 0.6) is 0 Å². The van der Waals surface area contributed by atoms with E-state index in [0.29, 0.717) is 6.61 Å². The van der Waals surface area contributed by atoms with Crippen LogP contribution in [-0.4, -0.2) is 87.6 Å². The van der Waals surface area contributed by atoms with Crippen molar-refractivity contribution < 1.29 is 52.2 Å². The number of ether oxygens (including phenoxy) is 10. The van der Waals surface area contributed by atoms with Crippen molar-refractivity contribution in [1.29, 1.82) is 0 Å². The molecule has 0 saturated carbocycles. The third kappa shape index (κ3) is 13.3. The second-order valence-electron chi connectivity index (χ2n) is 15.5. The highest BCUT2D eigenvalue weighted by Gasteiger charge is 2.54. The molecule has 2 aliphatic heterocycles. The molecule has 2 heterocycles. The number of hydrogen-bond acceptors (Lipinski definition) is 12. The Hall–Kier alpha value is -5.48. The molecule has 2 aliphatic rings. The molecular formula is C50H55N3O11. The van der Waals surface area contributed by atoms with Crippen LogP contribution in [0.1, 0.15) is 34.7 Å². The fourth-order valence-electron chi connectivity index (χ4n) is 7.77. The number of rotatable bonds is 22. The minimum Gasteiger partial charge on any atom is -0.459 e. The van der Waals surface area contributed by atoms with E-state index >= 15 is 0 Å². The number of carbonyl (C=O) groups excluding carboxylic acids is 1. The summed E-state index contributed by atoms with van der Waals surface area (Å²) in [7, 11) is 1.42. The number of benzene rings is 5. The molecule has 0 N–H and O–H groups in total. The molecule has 7 rings (SSSR count). The van der Waals surface area contributed by atoms with Gasteiger partial charge in [0.1, 0.15) is 48.8 Å². The summed E-state index contributed by atoms with van der Waals surface area (Å²) in [6, 6.07) is 47.8. The predicted octanol–water partition coefficient (Wildman–Crippen LogP) is 8.27. The molecule has 0 unspecified atom stereocenters. The molecule has 0 spiro atoms. The van der Waals surface area contributed by atoms with Crippen LogP contribution in [0.2, 0.25) is 0 Å². The summed E-state index contributed by atoms with van der Waals surface area (Å²) < 4.78 is 65.3. The summed E-state index contributed by atoms with van der Waals surface area (Å²) >= 11 is 0. The molecule has 0 aromatic heterocycles. The zero-order valence-corrected chi connectivity index (χ0v) is 36.0. The fourth-order valence-corrected chi connectivity index (χ4v) is 7.77. The van der Waals surface area contributed by atoms with E-state index in [2.05, 4.69) is 10.0 Å². The maximum absolute atomic E-state index is 12.9. The van der Waals surface area contributed by atoms with Crippen LogP contribution in [0.4, 0.5) is 0 Å². The Bertz CT molecular complexity index is 2150. The van der Waals surface area contributed by atoms with Crippen molar-refractivity contribution in [3.63, 3.8) is 0 Å². The summed E-state index contributed by atoms with van der Waals surface area (Å²) in [5, 5.41) is 3.99. The van der Waals surface area contributed by atoms with Gasteiger partial charge in [0.2, 0.25) is 0 Å². The largest absolute Gasteiger partial charge is 0.459 e. The van der Waals surface area contributed by atoms with Crippen LogP contribution in [-0.2, 0) is 85.2 Å². The smallest absolute Gasteiger partial charge is 0.303 e. The van der Waals surface area contributed by atoms with Crippen LogP contribution >= 0.6 is 0 Å². The van der Waals surface area contributed by atoms with Gasteiger partial charge in [-0.15, -0.1) is 0 Å². The molecule has 336 valence electrons. The summed E-state index contributed by atoms with van der Waals surface area (Å²) in [5.74, 6) is -0.635. The van der Waals surface area contributed by atoms with Crippen molar-refractivity contribution in [2.75, 3.05) is 20.3 Å². The minimum atomic E-state index is -1.22. The number of esters is 1. The molecule has 64 heavy (non-hydrogen) atoms. The molecule has 14 nitrogen and oxygen atoms in total. The number of methoxy groups -OCH3 is 1. The molecule has 10 atom stereocenters. The summed E-state index contributed by atoms with van der Waals surface area (Å²) in [6.45, 7) is 2.49. The van der Waals surface area contributed by atoms with Crippen LogP contribution in [0.15, 0.2) is 157 Å². The number of nitrogens with zero attached hydrogens (tertiary/aromatic N) is 3. The summed E-state index contributed by atoms with van der Waals surface area (Å²) in [5.41, 5.74) is 14.4. The lowest BCUT2D eigenvalue weighted by molar-refractivity contribution is -0.361. The number of carbonyl (C=O) groups is 1. The SMILES string of the molecule is CO[C@H]1O[C@H](COCc2ccccc2)[C@H](O[C@H]2O[C@H](COCc3ccccc3)[C@@H](OCc3ccccc3)[C@H](OCc3ccccc3)[C@H]2OCc2ccccc2)[C@H](OC(C)=O)[C@H]1N=[N+]=[N-]. The molecule has 0 radical (unpaired) electrons. The van der Waals surface area contributed by atoms with E-state index in [1.807, 2.05) is 152 Å². The Morgan fingerprint density at radius 1 is 0.531 bits per heavy atom. The Morgan fingerprint density at radius 2 is 0.922 bits per heavy atom. The van der Waals surface area contributed by atoms with E-state index in [9.17, 15) is 10.3 Å². The highest BCUT2D eigenvalue weighted by molar-refractivity contribution is 5.66. The molecule has 5 aromatic rings. The topological polar surface area (TPSA) is 158 Å². The Labute approximate surface area is 373 Å². The van der Waals surface area contributed by atoms with Gasteiger partial charge in [0, 0.05) is 18.9 Å². The Morgan fingerprint density at radius 3 is 1.34 bits per heavy atom. The van der Waals surface area contributed by atoms with Gasteiger partial charge >= 0.3 is 5.97 Å². The van der Waals surface area contributed by atoms with Crippen LogP contribution in [0, 0.1) is 0 Å². The van der Waals surface area contributed by atoms with Gasteiger partial charge in [-0.1, -0.05) is 157 Å². The molecule has 0 bridgehead atoms. The zero-order valence-electron chi connectivity index (χ0n) is 36.0. The van der Waals surface area contributed by atoms with Crippen LogP contribution < -0.4 is 0 Å². The first-order valence-electron chi connectivity index (χ1n) is 21.4. The second kappa shape index (κ2) is 24.5. The monoisotopic (exact) mass is 873 g/mol. The maximum Gasteiger partial charge on any atom is 0.303 e. The Balaban J connectivity index is 1.27. The lowest BCUT2D eigenvalue weighted by atomic mass is 9.95. The standard InChI is InChI=1S/C50H55N3O11/c1-35(54)61-46-43(52-53-51)49(55-2)62-42(34-57-29-37-20-10-4-11-21-37)45(46)64-50-48(60-32-40-26-16-7-17-27-40)47(59-31-39-24-14-6-15-25-39)44(58-30-38-22-12-5-13-23-38)41(63-50)33-56-28-36-18-8-3-9-19-36/h3-27,41-50H,28-34H2,1-2H3/t41-,42-,43-,44-,45+,46-,47+,48-,49+,50-/m1/s1. The highest BCUT2D eigenvalue weighted by atomic mass is 16.8. The van der Waals surface area contributed by atoms with Crippen molar-refractivity contribution >= 4 is 5.97 Å². The molecule has 0 amide bonds. The van der Waals surface area contributed by atoms with Gasteiger partial charge < -0.3 is 47.4 Å². The van der Waals surface area contributed by atoms with Crippen molar-refractivity contribution in [2.45, 2.75) is 101 Å². The van der Waals surface area contributed by atoms with E-state index in [4.69, 9.17) is 47.4 Å². The zero-order chi connectivity index (χ0) is 44.4. The third-order valence-corrected chi connectivity index (χ3v) is 10.9. The quantitative estimate of drug-likeness (QED) is 0.0285. The lowest BCUT2D eigenvalue weighted by Crippen LogP contribution is -2.66. The molecule has 2 saturated heterocycles. The molecular weight excluding hydrogens is 819 g/mol. The van der Waals surface area contributed by atoms with E-state index in [1.165, 1.54) is 14.0 Å². The van der Waals surface area contributed by atoms with E-state index in [1.54, 1.807) is 0 Å². The van der Waals surface area contributed by atoms with Crippen molar-refractivity contribution in [1.82, 2.24) is 0 Å². The first-order valence-corrected chi connectivity index (χ1v) is 21.4. The van der Waals surface area contributed by atoms with E-state index < -0.39 is 67.3 Å². The van der Waals surface area contributed by atoms with Crippen molar-refractivity contribution in [2.24, 2.45) is 5.11 Å². The van der Waals surface area contributed by atoms with E-state index in [-0.39, 0.29) is 39.6 Å². The molecule has 0 aliphatic carbocycles. The molecule has 5 aromatic carbocycles. The van der Waals surface area contributed by atoms with Gasteiger partial charge in [-0.2, -0.15) is 0 Å². The van der Waals surface area contributed by atoms with Gasteiger partial charge in [-0.3, -0.25) is 4.79 Å². The average molecular weight is 874 g/mol. The first-order chi connectivity index (χ1) is 31.5. The summed E-state index contributed by atoms with van der Waals surface area (Å²) in [4.78, 5) is 16.0. The van der Waals surface area contributed by atoms with Crippen LogP contribution in [0.25, 0.3) is 10.4 Å². The van der Waals surface area contributed by atoms with Crippen LogP contribution in [0.3, 0.4) is 0 Å².